The maximum Gasteiger partial charge on any atom is 0.209 e. The Bertz CT molecular complexity index is 416. The number of hydrogen-bond donors (Lipinski definition) is 1. The predicted molar refractivity (Wildman–Crippen MR) is 64.2 cm³/mol. The third kappa shape index (κ3) is 5.95. The molecule has 0 unspecified atom stereocenters. The number of benzene rings is 1. The summed E-state index contributed by atoms with van der Waals surface area (Å²) in [6.45, 7) is 0.469. The molecule has 0 spiro atoms. The molecule has 6 heteroatoms. The fraction of sp³-hybridized carbons (Fsp3) is 0.400. The summed E-state index contributed by atoms with van der Waals surface area (Å²) in [5.74, 6) is 0.719. The van der Waals surface area contributed by atoms with Crippen molar-refractivity contribution < 1.29 is 13.2 Å². The van der Waals surface area contributed by atoms with Crippen molar-refractivity contribution in [3.63, 3.8) is 0 Å². The fourth-order valence-corrected chi connectivity index (χ4v) is 1.86. The van der Waals surface area contributed by atoms with Crippen LogP contribution in [-0.2, 0) is 10.0 Å². The highest BCUT2D eigenvalue weighted by molar-refractivity contribution is 7.89. The molecular weight excluding hydrogens is 250 g/mol. The molecule has 0 aliphatic rings. The van der Waals surface area contributed by atoms with Crippen LogP contribution in [0.2, 0.25) is 5.02 Å². The summed E-state index contributed by atoms with van der Waals surface area (Å²) < 4.78 is 26.6. The number of rotatable bonds is 6. The minimum Gasteiger partial charge on any atom is -0.494 e. The number of primary sulfonamides is 1. The standard InChI is InChI=1S/C10H14ClNO3S/c11-9-3-5-10(6-4-9)15-7-1-2-8-16(12,13)14/h3-6H,1-2,7-8H2,(H2,12,13,14). The molecule has 16 heavy (non-hydrogen) atoms. The van der Waals surface area contributed by atoms with Gasteiger partial charge in [0.15, 0.2) is 0 Å². The van der Waals surface area contributed by atoms with Gasteiger partial charge < -0.3 is 4.74 Å². The van der Waals surface area contributed by atoms with E-state index in [1.807, 2.05) is 0 Å². The Labute approximate surface area is 100 Å². The Hall–Kier alpha value is -0.780. The molecular formula is C10H14ClNO3S. The molecule has 0 aromatic heterocycles. The van der Waals surface area contributed by atoms with Crippen LogP contribution in [0.5, 0.6) is 5.75 Å². The first-order chi connectivity index (χ1) is 7.47. The summed E-state index contributed by atoms with van der Waals surface area (Å²) in [6, 6.07) is 7.01. The molecule has 0 saturated heterocycles. The Balaban J connectivity index is 2.19. The van der Waals surface area contributed by atoms with E-state index in [0.29, 0.717) is 24.5 Å². The second-order valence-corrected chi connectivity index (χ2v) is 5.55. The summed E-state index contributed by atoms with van der Waals surface area (Å²) in [6.07, 6.45) is 1.16. The van der Waals surface area contributed by atoms with Gasteiger partial charge in [-0.3, -0.25) is 0 Å². The van der Waals surface area contributed by atoms with E-state index >= 15 is 0 Å². The molecule has 0 aliphatic carbocycles. The van der Waals surface area contributed by atoms with Crippen LogP contribution in [0.25, 0.3) is 0 Å². The average Bonchev–Trinajstić information content (AvgIpc) is 2.19. The van der Waals surface area contributed by atoms with Crippen molar-refractivity contribution in [1.82, 2.24) is 0 Å². The maximum atomic E-state index is 10.6. The molecule has 0 saturated carbocycles. The van der Waals surface area contributed by atoms with Crippen LogP contribution in [-0.4, -0.2) is 20.8 Å². The van der Waals surface area contributed by atoms with Crippen LogP contribution in [0, 0.1) is 0 Å². The van der Waals surface area contributed by atoms with Crippen LogP contribution in [0.15, 0.2) is 24.3 Å². The molecule has 0 atom stereocenters. The Morgan fingerprint density at radius 2 is 1.81 bits per heavy atom. The quantitative estimate of drug-likeness (QED) is 0.796. The van der Waals surface area contributed by atoms with Gasteiger partial charge in [0, 0.05) is 5.02 Å². The van der Waals surface area contributed by atoms with Crippen molar-refractivity contribution in [3.05, 3.63) is 29.3 Å². The van der Waals surface area contributed by atoms with Crippen LogP contribution >= 0.6 is 11.6 Å². The van der Waals surface area contributed by atoms with E-state index in [2.05, 4.69) is 0 Å². The van der Waals surface area contributed by atoms with Gasteiger partial charge in [-0.1, -0.05) is 11.6 Å². The lowest BCUT2D eigenvalue weighted by molar-refractivity contribution is 0.309. The van der Waals surface area contributed by atoms with Crippen molar-refractivity contribution in [2.45, 2.75) is 12.8 Å². The Morgan fingerprint density at radius 3 is 2.38 bits per heavy atom. The minimum atomic E-state index is -3.35. The topological polar surface area (TPSA) is 69.4 Å². The van der Waals surface area contributed by atoms with E-state index in [0.717, 1.165) is 5.75 Å². The SMILES string of the molecule is NS(=O)(=O)CCCCOc1ccc(Cl)cc1. The van der Waals surface area contributed by atoms with E-state index in [9.17, 15) is 8.42 Å². The van der Waals surface area contributed by atoms with Gasteiger partial charge in [-0.15, -0.1) is 0 Å². The zero-order valence-electron chi connectivity index (χ0n) is 8.73. The van der Waals surface area contributed by atoms with E-state index in [1.165, 1.54) is 0 Å². The van der Waals surface area contributed by atoms with Crippen molar-refractivity contribution in [2.24, 2.45) is 5.14 Å². The van der Waals surface area contributed by atoms with Crippen molar-refractivity contribution in [3.8, 4) is 5.75 Å². The van der Waals surface area contributed by atoms with Crippen molar-refractivity contribution >= 4 is 21.6 Å². The predicted octanol–water partition coefficient (Wildman–Crippen LogP) is 1.79. The molecule has 0 radical (unpaired) electrons. The normalized spacial score (nSPS) is 11.4. The highest BCUT2D eigenvalue weighted by Crippen LogP contribution is 2.15. The number of halogens is 1. The summed E-state index contributed by atoms with van der Waals surface area (Å²) in [5, 5.41) is 5.52. The van der Waals surface area contributed by atoms with Gasteiger partial charge in [-0.05, 0) is 37.1 Å². The molecule has 4 nitrogen and oxygen atoms in total. The monoisotopic (exact) mass is 263 g/mol. The number of sulfonamides is 1. The van der Waals surface area contributed by atoms with Gasteiger partial charge >= 0.3 is 0 Å². The summed E-state index contributed by atoms with van der Waals surface area (Å²) >= 11 is 5.71. The van der Waals surface area contributed by atoms with Crippen molar-refractivity contribution in [2.75, 3.05) is 12.4 Å². The molecule has 90 valence electrons. The first-order valence-corrected chi connectivity index (χ1v) is 6.95. The third-order valence-corrected chi connectivity index (χ3v) is 3.02. The zero-order chi connectivity index (χ0) is 12.0. The molecule has 2 N–H and O–H groups in total. The van der Waals surface area contributed by atoms with Crippen LogP contribution in [0.3, 0.4) is 0 Å². The fourth-order valence-electron chi connectivity index (χ4n) is 1.13. The molecule has 1 rings (SSSR count). The Kier molecular flexibility index (Phi) is 5.05. The highest BCUT2D eigenvalue weighted by Gasteiger charge is 2.01. The maximum absolute atomic E-state index is 10.6. The number of nitrogens with two attached hydrogens (primary N) is 1. The number of unbranched alkanes of at least 4 members (excludes halogenated alkanes) is 1. The molecule has 1 aromatic rings. The van der Waals surface area contributed by atoms with Crippen LogP contribution in [0.4, 0.5) is 0 Å². The zero-order valence-corrected chi connectivity index (χ0v) is 10.3. The Morgan fingerprint density at radius 1 is 1.19 bits per heavy atom. The van der Waals surface area contributed by atoms with Crippen LogP contribution in [0.1, 0.15) is 12.8 Å². The first-order valence-electron chi connectivity index (χ1n) is 4.86. The number of hydrogen-bond acceptors (Lipinski definition) is 3. The largest absolute Gasteiger partial charge is 0.494 e. The number of ether oxygens (including phenoxy) is 1. The van der Waals surface area contributed by atoms with Gasteiger partial charge in [0.05, 0.1) is 12.4 Å². The summed E-state index contributed by atoms with van der Waals surface area (Å²) in [5.41, 5.74) is 0. The van der Waals surface area contributed by atoms with E-state index < -0.39 is 10.0 Å². The lowest BCUT2D eigenvalue weighted by atomic mass is 10.3. The van der Waals surface area contributed by atoms with Gasteiger partial charge in [-0.2, -0.15) is 0 Å². The highest BCUT2D eigenvalue weighted by atomic mass is 35.5. The summed E-state index contributed by atoms with van der Waals surface area (Å²) in [4.78, 5) is 0. The third-order valence-electron chi connectivity index (χ3n) is 1.91. The average molecular weight is 264 g/mol. The molecule has 0 fully saturated rings. The second kappa shape index (κ2) is 6.08. The molecule has 0 amide bonds. The van der Waals surface area contributed by atoms with E-state index in [-0.39, 0.29) is 5.75 Å². The first kappa shape index (κ1) is 13.3. The van der Waals surface area contributed by atoms with E-state index in [4.69, 9.17) is 21.5 Å². The molecule has 1 aromatic carbocycles. The van der Waals surface area contributed by atoms with Gasteiger partial charge in [0.25, 0.3) is 0 Å². The molecule has 0 bridgehead atoms. The summed E-state index contributed by atoms with van der Waals surface area (Å²) in [7, 11) is -3.35. The van der Waals surface area contributed by atoms with Crippen molar-refractivity contribution in [1.29, 1.82) is 0 Å². The lowest BCUT2D eigenvalue weighted by Gasteiger charge is -2.05. The van der Waals surface area contributed by atoms with Gasteiger partial charge in [0.1, 0.15) is 5.75 Å². The van der Waals surface area contributed by atoms with Gasteiger partial charge in [-0.25, -0.2) is 13.6 Å². The molecule has 0 heterocycles. The van der Waals surface area contributed by atoms with E-state index in [1.54, 1.807) is 24.3 Å². The van der Waals surface area contributed by atoms with Crippen LogP contribution < -0.4 is 9.88 Å². The lowest BCUT2D eigenvalue weighted by Crippen LogP contribution is -2.16. The smallest absolute Gasteiger partial charge is 0.209 e. The second-order valence-electron chi connectivity index (χ2n) is 3.38. The molecule has 0 aliphatic heterocycles. The minimum absolute atomic E-state index is 0.00300. The van der Waals surface area contributed by atoms with Gasteiger partial charge in [0.2, 0.25) is 10.0 Å².